The van der Waals surface area contributed by atoms with Crippen LogP contribution < -0.4 is 0 Å². The van der Waals surface area contributed by atoms with E-state index in [-0.39, 0.29) is 24.3 Å². The van der Waals surface area contributed by atoms with Crippen molar-refractivity contribution in [3.63, 3.8) is 0 Å². The van der Waals surface area contributed by atoms with Gasteiger partial charge in [0.15, 0.2) is 0 Å². The summed E-state index contributed by atoms with van der Waals surface area (Å²) in [5, 5.41) is 9.10. The Morgan fingerprint density at radius 3 is 2.29 bits per heavy atom. The third kappa shape index (κ3) is 4.37. The Bertz CT molecular complexity index is 678. The van der Waals surface area contributed by atoms with Crippen LogP contribution in [0.5, 0.6) is 0 Å². The third-order valence-corrected chi connectivity index (χ3v) is 6.53. The van der Waals surface area contributed by atoms with E-state index in [9.17, 15) is 14.0 Å². The van der Waals surface area contributed by atoms with E-state index in [1.54, 1.807) is 12.1 Å². The van der Waals surface area contributed by atoms with Gasteiger partial charge in [0, 0.05) is 19.1 Å². The fraction of sp³-hybridized carbons (Fsp3) is 0.636. The Hall–Kier alpha value is -1.95. The van der Waals surface area contributed by atoms with Gasteiger partial charge in [-0.3, -0.25) is 14.5 Å². The lowest BCUT2D eigenvalue weighted by molar-refractivity contribution is -0.142. The maximum atomic E-state index is 13.6. The molecular weight excluding hydrogens is 359 g/mol. The van der Waals surface area contributed by atoms with Crippen molar-refractivity contribution in [2.45, 2.75) is 63.3 Å². The molecule has 2 fully saturated rings. The molecule has 6 heteroatoms. The van der Waals surface area contributed by atoms with E-state index in [2.05, 4.69) is 0 Å². The monoisotopic (exact) mass is 390 g/mol. The van der Waals surface area contributed by atoms with E-state index in [1.165, 1.54) is 12.1 Å². The van der Waals surface area contributed by atoms with Crippen LogP contribution in [-0.2, 0) is 15.0 Å². The van der Waals surface area contributed by atoms with Crippen molar-refractivity contribution < 1.29 is 19.1 Å². The van der Waals surface area contributed by atoms with Crippen LogP contribution in [0.15, 0.2) is 24.3 Å². The van der Waals surface area contributed by atoms with Crippen LogP contribution >= 0.6 is 0 Å². The van der Waals surface area contributed by atoms with Gasteiger partial charge in [-0.15, -0.1) is 0 Å². The van der Waals surface area contributed by atoms with E-state index in [0.717, 1.165) is 50.5 Å². The van der Waals surface area contributed by atoms with Crippen LogP contribution in [0.2, 0.25) is 0 Å². The number of amides is 1. The summed E-state index contributed by atoms with van der Waals surface area (Å²) in [7, 11) is 0. The first-order valence-corrected chi connectivity index (χ1v) is 10.5. The van der Waals surface area contributed by atoms with Crippen molar-refractivity contribution in [1.29, 1.82) is 0 Å². The maximum absolute atomic E-state index is 13.6. The van der Waals surface area contributed by atoms with Crippen LogP contribution in [0.25, 0.3) is 0 Å². The molecule has 1 aliphatic heterocycles. The smallest absolute Gasteiger partial charge is 0.317 e. The highest BCUT2D eigenvalue weighted by Crippen LogP contribution is 2.41. The molecule has 0 atom stereocenters. The van der Waals surface area contributed by atoms with Gasteiger partial charge in [-0.05, 0) is 49.9 Å². The average molecular weight is 390 g/mol. The lowest BCUT2D eigenvalue weighted by Crippen LogP contribution is -2.53. The zero-order valence-corrected chi connectivity index (χ0v) is 16.7. The second-order valence-electron chi connectivity index (χ2n) is 8.13. The number of halogens is 1. The molecule has 1 heterocycles. The lowest BCUT2D eigenvalue weighted by Gasteiger charge is -2.44. The Balaban J connectivity index is 1.72. The third-order valence-electron chi connectivity index (χ3n) is 6.53. The summed E-state index contributed by atoms with van der Waals surface area (Å²) < 4.78 is 13.4. The van der Waals surface area contributed by atoms with Crippen molar-refractivity contribution >= 4 is 11.9 Å². The Morgan fingerprint density at radius 1 is 1.14 bits per heavy atom. The molecule has 1 N–H and O–H groups in total. The molecule has 1 aliphatic carbocycles. The number of piperidine rings is 1. The van der Waals surface area contributed by atoms with Crippen molar-refractivity contribution in [2.75, 3.05) is 26.2 Å². The van der Waals surface area contributed by atoms with Crippen LogP contribution in [0, 0.1) is 5.82 Å². The van der Waals surface area contributed by atoms with Crippen molar-refractivity contribution in [1.82, 2.24) is 9.80 Å². The van der Waals surface area contributed by atoms with Crippen molar-refractivity contribution in [2.24, 2.45) is 0 Å². The summed E-state index contributed by atoms with van der Waals surface area (Å²) in [5.41, 5.74) is 0.395. The standard InChI is InChI=1S/C22H31FN2O3/c1-2-24(16-20(26)27)19-10-14-25(15-11-19)21(28)22(12-4-3-5-13-22)17-6-8-18(23)9-7-17/h6-9,19H,2-5,10-16H2,1H3,(H,26,27). The Morgan fingerprint density at radius 2 is 1.75 bits per heavy atom. The zero-order chi connectivity index (χ0) is 20.1. The highest BCUT2D eigenvalue weighted by atomic mass is 19.1. The van der Waals surface area contributed by atoms with Crippen LogP contribution in [-0.4, -0.2) is 59.0 Å². The van der Waals surface area contributed by atoms with Crippen LogP contribution in [0.1, 0.15) is 57.4 Å². The first-order chi connectivity index (χ1) is 13.5. The first kappa shape index (κ1) is 20.8. The number of nitrogens with zero attached hydrogens (tertiary/aromatic N) is 2. The van der Waals surface area contributed by atoms with E-state index < -0.39 is 11.4 Å². The number of hydrogen-bond donors (Lipinski definition) is 1. The summed E-state index contributed by atoms with van der Waals surface area (Å²) >= 11 is 0. The SMILES string of the molecule is CCN(CC(=O)O)C1CCN(C(=O)C2(c3ccc(F)cc3)CCCCC2)CC1. The molecule has 154 valence electrons. The van der Waals surface area contributed by atoms with Gasteiger partial charge in [-0.2, -0.15) is 0 Å². The van der Waals surface area contributed by atoms with E-state index in [0.29, 0.717) is 19.6 Å². The number of aliphatic carboxylic acids is 1. The molecule has 1 aromatic carbocycles. The van der Waals surface area contributed by atoms with Crippen molar-refractivity contribution in [3.8, 4) is 0 Å². The number of benzene rings is 1. The lowest BCUT2D eigenvalue weighted by atomic mass is 9.68. The van der Waals surface area contributed by atoms with Gasteiger partial charge in [-0.25, -0.2) is 4.39 Å². The van der Waals surface area contributed by atoms with E-state index in [1.807, 2.05) is 16.7 Å². The minimum Gasteiger partial charge on any atom is -0.480 e. The van der Waals surface area contributed by atoms with Gasteiger partial charge in [0.1, 0.15) is 5.82 Å². The molecule has 0 bridgehead atoms. The van der Waals surface area contributed by atoms with E-state index >= 15 is 0 Å². The van der Waals surface area contributed by atoms with Gasteiger partial charge in [0.25, 0.3) is 0 Å². The van der Waals surface area contributed by atoms with Crippen molar-refractivity contribution in [3.05, 3.63) is 35.6 Å². The quantitative estimate of drug-likeness (QED) is 0.809. The molecule has 0 aromatic heterocycles. The molecular formula is C22H31FN2O3. The highest BCUT2D eigenvalue weighted by Gasteiger charge is 2.44. The first-order valence-electron chi connectivity index (χ1n) is 10.5. The van der Waals surface area contributed by atoms with Gasteiger partial charge < -0.3 is 10.0 Å². The predicted octanol–water partition coefficient (Wildman–Crippen LogP) is 3.43. The topological polar surface area (TPSA) is 60.9 Å². The second kappa shape index (κ2) is 9.03. The van der Waals surface area contributed by atoms with E-state index in [4.69, 9.17) is 5.11 Å². The summed E-state index contributed by atoms with van der Waals surface area (Å²) in [5.74, 6) is -0.919. The molecule has 0 spiro atoms. The van der Waals surface area contributed by atoms with Gasteiger partial charge in [0.2, 0.25) is 5.91 Å². The molecule has 2 aliphatic rings. The number of likely N-dealkylation sites (tertiary alicyclic amines) is 1. The minimum atomic E-state index is -0.808. The molecule has 5 nitrogen and oxygen atoms in total. The molecule has 1 amide bonds. The predicted molar refractivity (Wildman–Crippen MR) is 106 cm³/mol. The number of hydrogen-bond acceptors (Lipinski definition) is 3. The number of carbonyl (C=O) groups is 2. The highest BCUT2D eigenvalue weighted by molar-refractivity contribution is 5.88. The average Bonchev–Trinajstić information content (AvgIpc) is 2.72. The molecule has 0 radical (unpaired) electrons. The molecule has 3 rings (SSSR count). The normalized spacial score (nSPS) is 20.3. The maximum Gasteiger partial charge on any atom is 0.317 e. The number of rotatable bonds is 6. The second-order valence-corrected chi connectivity index (χ2v) is 8.13. The van der Waals surface area contributed by atoms with Gasteiger partial charge in [0.05, 0.1) is 12.0 Å². The zero-order valence-electron chi connectivity index (χ0n) is 16.7. The number of carboxylic acid groups (broad SMARTS) is 1. The number of carbonyl (C=O) groups excluding carboxylic acids is 1. The molecule has 1 saturated carbocycles. The molecule has 1 aromatic rings. The van der Waals surface area contributed by atoms with Crippen LogP contribution in [0.3, 0.4) is 0 Å². The Kier molecular flexibility index (Phi) is 6.70. The number of carboxylic acids is 1. The molecule has 28 heavy (non-hydrogen) atoms. The fourth-order valence-electron chi connectivity index (χ4n) is 4.96. The number of likely N-dealkylation sites (N-methyl/N-ethyl adjacent to an activating group) is 1. The summed E-state index contributed by atoms with van der Waals surface area (Å²) in [6.07, 6.45) is 6.40. The summed E-state index contributed by atoms with van der Waals surface area (Å²) in [6, 6.07) is 6.67. The van der Waals surface area contributed by atoms with Crippen LogP contribution in [0.4, 0.5) is 4.39 Å². The van der Waals surface area contributed by atoms with Gasteiger partial charge >= 0.3 is 5.97 Å². The summed E-state index contributed by atoms with van der Waals surface area (Å²) in [4.78, 5) is 28.6. The largest absolute Gasteiger partial charge is 0.480 e. The fourth-order valence-corrected chi connectivity index (χ4v) is 4.96. The minimum absolute atomic E-state index is 0.0502. The summed E-state index contributed by atoms with van der Waals surface area (Å²) in [6.45, 7) is 4.04. The molecule has 1 saturated heterocycles. The van der Waals surface area contributed by atoms with Gasteiger partial charge in [-0.1, -0.05) is 38.3 Å². The molecule has 0 unspecified atom stereocenters. The Labute approximate surface area is 166 Å².